The fraction of sp³-hybridized carbons (Fsp3) is 0.571. The molecule has 1 aromatic rings. The lowest BCUT2D eigenvalue weighted by molar-refractivity contribution is 0.0819. The molecule has 0 aromatic heterocycles. The predicted octanol–water partition coefficient (Wildman–Crippen LogP) is 2.67. The van der Waals surface area contributed by atoms with Crippen molar-refractivity contribution in [3.8, 4) is 0 Å². The molecule has 0 unspecified atom stereocenters. The van der Waals surface area contributed by atoms with Crippen LogP contribution in [0.4, 0.5) is 5.69 Å². The maximum atomic E-state index is 6.37. The molecule has 1 saturated heterocycles. The molecular weight excluding hydrogens is 248 g/mol. The minimum absolute atomic E-state index is 0.400. The Kier molecular flexibility index (Phi) is 4.87. The van der Waals surface area contributed by atoms with Crippen LogP contribution < -0.4 is 10.2 Å². The van der Waals surface area contributed by atoms with Crippen molar-refractivity contribution < 1.29 is 4.74 Å². The van der Waals surface area contributed by atoms with Gasteiger partial charge in [-0.1, -0.05) is 23.7 Å². The summed E-state index contributed by atoms with van der Waals surface area (Å²) in [5, 5.41) is 4.05. The first-order chi connectivity index (χ1) is 8.76. The third kappa shape index (κ3) is 2.97. The minimum Gasteiger partial charge on any atom is -0.381 e. The maximum Gasteiger partial charge on any atom is 0.0642 e. The van der Waals surface area contributed by atoms with Crippen LogP contribution in [0.25, 0.3) is 0 Å². The van der Waals surface area contributed by atoms with E-state index in [9.17, 15) is 0 Å². The summed E-state index contributed by atoms with van der Waals surface area (Å²) in [6.07, 6.45) is 2.54. The Labute approximate surface area is 114 Å². The van der Waals surface area contributed by atoms with Gasteiger partial charge in [-0.25, -0.2) is 0 Å². The van der Waals surface area contributed by atoms with Gasteiger partial charge in [0.25, 0.3) is 0 Å². The van der Waals surface area contributed by atoms with E-state index >= 15 is 0 Å². The summed E-state index contributed by atoms with van der Waals surface area (Å²) in [4.78, 5) is 2.38. The Bertz CT molecular complexity index is 389. The Morgan fingerprint density at radius 2 is 2.11 bits per heavy atom. The summed E-state index contributed by atoms with van der Waals surface area (Å²) in [6.45, 7) is 2.87. The first-order valence-electron chi connectivity index (χ1n) is 6.46. The molecule has 1 aliphatic rings. The number of hydrogen-bond acceptors (Lipinski definition) is 3. The minimum atomic E-state index is 0.400. The quantitative estimate of drug-likeness (QED) is 0.909. The number of hydrogen-bond donors (Lipinski definition) is 1. The van der Waals surface area contributed by atoms with E-state index in [2.05, 4.69) is 16.3 Å². The number of ether oxygens (including phenoxy) is 1. The van der Waals surface area contributed by atoms with E-state index in [0.29, 0.717) is 6.10 Å². The molecule has 0 spiro atoms. The Hall–Kier alpha value is -0.770. The number of nitrogens with one attached hydrogen (secondary N) is 1. The summed E-state index contributed by atoms with van der Waals surface area (Å²) >= 11 is 6.37. The van der Waals surface area contributed by atoms with E-state index in [1.54, 1.807) is 7.11 Å². The lowest BCUT2D eigenvalue weighted by atomic mass is 10.0. The van der Waals surface area contributed by atoms with Crippen LogP contribution >= 0.6 is 11.6 Å². The zero-order valence-corrected chi connectivity index (χ0v) is 11.8. The van der Waals surface area contributed by atoms with Gasteiger partial charge >= 0.3 is 0 Å². The van der Waals surface area contributed by atoms with Crippen molar-refractivity contribution in [3.05, 3.63) is 28.8 Å². The van der Waals surface area contributed by atoms with Gasteiger partial charge < -0.3 is 15.0 Å². The van der Waals surface area contributed by atoms with E-state index in [4.69, 9.17) is 16.3 Å². The highest BCUT2D eigenvalue weighted by Crippen LogP contribution is 2.32. The highest BCUT2D eigenvalue weighted by molar-refractivity contribution is 6.33. The molecule has 2 rings (SSSR count). The molecule has 1 N–H and O–H groups in total. The monoisotopic (exact) mass is 268 g/mol. The van der Waals surface area contributed by atoms with Gasteiger partial charge in [-0.05, 0) is 31.5 Å². The normalized spacial score (nSPS) is 17.2. The Balaban J connectivity index is 2.17. The zero-order valence-electron chi connectivity index (χ0n) is 11.1. The molecule has 0 aliphatic carbocycles. The second-order valence-electron chi connectivity index (χ2n) is 4.70. The SMILES string of the molecule is CNCc1cccc(Cl)c1N1CCC(OC)CC1. The number of nitrogens with zero attached hydrogens (tertiary/aromatic N) is 1. The van der Waals surface area contributed by atoms with E-state index in [1.807, 2.05) is 19.2 Å². The van der Waals surface area contributed by atoms with Gasteiger partial charge in [-0.15, -0.1) is 0 Å². The number of benzene rings is 1. The van der Waals surface area contributed by atoms with Gasteiger partial charge in [-0.3, -0.25) is 0 Å². The molecule has 1 fully saturated rings. The van der Waals surface area contributed by atoms with Gasteiger partial charge in [0, 0.05) is 26.7 Å². The Morgan fingerprint density at radius 3 is 2.72 bits per heavy atom. The van der Waals surface area contributed by atoms with Crippen molar-refractivity contribution in [2.45, 2.75) is 25.5 Å². The van der Waals surface area contributed by atoms with Gasteiger partial charge in [-0.2, -0.15) is 0 Å². The van der Waals surface area contributed by atoms with E-state index in [-0.39, 0.29) is 0 Å². The molecule has 3 nitrogen and oxygen atoms in total. The van der Waals surface area contributed by atoms with Crippen molar-refractivity contribution in [2.24, 2.45) is 0 Å². The number of para-hydroxylation sites is 1. The lowest BCUT2D eigenvalue weighted by Gasteiger charge is -2.34. The van der Waals surface area contributed by atoms with Crippen LogP contribution in [0.1, 0.15) is 18.4 Å². The standard InChI is InChI=1S/C14H21ClN2O/c1-16-10-11-4-3-5-13(15)14(11)17-8-6-12(18-2)7-9-17/h3-5,12,16H,6-10H2,1-2H3. The van der Waals surface area contributed by atoms with Gasteiger partial charge in [0.05, 0.1) is 16.8 Å². The average Bonchev–Trinajstić information content (AvgIpc) is 2.40. The molecule has 0 bridgehead atoms. The van der Waals surface area contributed by atoms with Gasteiger partial charge in [0.2, 0.25) is 0 Å². The van der Waals surface area contributed by atoms with Gasteiger partial charge in [0.15, 0.2) is 0 Å². The Morgan fingerprint density at radius 1 is 1.39 bits per heavy atom. The van der Waals surface area contributed by atoms with Crippen molar-refractivity contribution in [1.29, 1.82) is 0 Å². The molecule has 100 valence electrons. The summed E-state index contributed by atoms with van der Waals surface area (Å²) < 4.78 is 5.41. The molecule has 0 amide bonds. The number of anilines is 1. The highest BCUT2D eigenvalue weighted by Gasteiger charge is 2.22. The van der Waals surface area contributed by atoms with Crippen LogP contribution in [0.3, 0.4) is 0 Å². The topological polar surface area (TPSA) is 24.5 Å². The lowest BCUT2D eigenvalue weighted by Crippen LogP contribution is -2.37. The fourth-order valence-electron chi connectivity index (χ4n) is 2.56. The van der Waals surface area contributed by atoms with E-state index in [1.165, 1.54) is 11.3 Å². The largest absolute Gasteiger partial charge is 0.381 e. The van der Waals surface area contributed by atoms with E-state index in [0.717, 1.165) is 37.5 Å². The van der Waals surface area contributed by atoms with E-state index < -0.39 is 0 Å². The van der Waals surface area contributed by atoms with Crippen molar-refractivity contribution in [3.63, 3.8) is 0 Å². The summed E-state index contributed by atoms with van der Waals surface area (Å²) in [6, 6.07) is 6.12. The smallest absolute Gasteiger partial charge is 0.0642 e. The second kappa shape index (κ2) is 6.41. The zero-order chi connectivity index (χ0) is 13.0. The molecule has 1 heterocycles. The molecule has 0 atom stereocenters. The molecule has 0 saturated carbocycles. The number of piperidine rings is 1. The second-order valence-corrected chi connectivity index (χ2v) is 5.11. The van der Waals surface area contributed by atoms with Crippen LogP contribution in [0.2, 0.25) is 5.02 Å². The van der Waals surface area contributed by atoms with Crippen molar-refractivity contribution >= 4 is 17.3 Å². The fourth-order valence-corrected chi connectivity index (χ4v) is 2.88. The van der Waals surface area contributed by atoms with Crippen molar-refractivity contribution in [1.82, 2.24) is 5.32 Å². The average molecular weight is 269 g/mol. The molecule has 18 heavy (non-hydrogen) atoms. The highest BCUT2D eigenvalue weighted by atomic mass is 35.5. The van der Waals surface area contributed by atoms with Crippen LogP contribution in [0.5, 0.6) is 0 Å². The number of rotatable bonds is 4. The first kappa shape index (κ1) is 13.7. The molecule has 4 heteroatoms. The summed E-state index contributed by atoms with van der Waals surface area (Å²) in [5.41, 5.74) is 2.45. The third-order valence-corrected chi connectivity index (χ3v) is 3.83. The maximum absolute atomic E-state index is 6.37. The molecule has 1 aliphatic heterocycles. The van der Waals surface area contributed by atoms with Crippen LogP contribution in [0.15, 0.2) is 18.2 Å². The third-order valence-electron chi connectivity index (χ3n) is 3.53. The van der Waals surface area contributed by atoms with Crippen LogP contribution in [-0.4, -0.2) is 33.4 Å². The number of halogens is 1. The van der Waals surface area contributed by atoms with Crippen LogP contribution in [0, 0.1) is 0 Å². The molecular formula is C14H21ClN2O. The van der Waals surface area contributed by atoms with Gasteiger partial charge in [0.1, 0.15) is 0 Å². The molecule has 0 radical (unpaired) electrons. The summed E-state index contributed by atoms with van der Waals surface area (Å²) in [5.74, 6) is 0. The van der Waals surface area contributed by atoms with Crippen LogP contribution in [-0.2, 0) is 11.3 Å². The summed E-state index contributed by atoms with van der Waals surface area (Å²) in [7, 11) is 3.75. The van der Waals surface area contributed by atoms with Crippen molar-refractivity contribution in [2.75, 3.05) is 32.1 Å². The predicted molar refractivity (Wildman–Crippen MR) is 76.5 cm³/mol. The molecule has 1 aromatic carbocycles. The number of methoxy groups -OCH3 is 1. The first-order valence-corrected chi connectivity index (χ1v) is 6.83.